The highest BCUT2D eigenvalue weighted by Gasteiger charge is 2.37. The topological polar surface area (TPSA) is 9.23 Å². The monoisotopic (exact) mass is 202 g/mol. The second-order valence-corrected chi connectivity index (χ2v) is 4.63. The van der Waals surface area contributed by atoms with Gasteiger partial charge in [0.25, 0.3) is 0 Å². The van der Waals surface area contributed by atoms with Crippen LogP contribution in [0.2, 0.25) is 0 Å². The Morgan fingerprint density at radius 1 is 1.40 bits per heavy atom. The molecule has 1 aromatic carbocycles. The van der Waals surface area contributed by atoms with Crippen molar-refractivity contribution < 1.29 is 4.74 Å². The number of hydrogen-bond donors (Lipinski definition) is 0. The van der Waals surface area contributed by atoms with Crippen molar-refractivity contribution in [2.75, 3.05) is 6.61 Å². The minimum Gasteiger partial charge on any atom is -0.370 e. The summed E-state index contributed by atoms with van der Waals surface area (Å²) in [6.07, 6.45) is 1.05. The second kappa shape index (κ2) is 3.82. The van der Waals surface area contributed by atoms with Crippen molar-refractivity contribution in [3.63, 3.8) is 0 Å². The van der Waals surface area contributed by atoms with E-state index >= 15 is 0 Å². The first kappa shape index (κ1) is 10.4. The number of hydrogen-bond acceptors (Lipinski definition) is 1. The summed E-state index contributed by atoms with van der Waals surface area (Å²) >= 11 is 0. The SMILES string of the molecule is C=C(C)[C@@]1(C)C[C@H](c2ccccc2)CO1. The van der Waals surface area contributed by atoms with Crippen LogP contribution < -0.4 is 0 Å². The van der Waals surface area contributed by atoms with Crippen LogP contribution in [-0.4, -0.2) is 12.2 Å². The molecule has 2 rings (SSSR count). The van der Waals surface area contributed by atoms with Crippen molar-refractivity contribution in [2.24, 2.45) is 0 Å². The van der Waals surface area contributed by atoms with Gasteiger partial charge in [-0.05, 0) is 31.4 Å². The minimum absolute atomic E-state index is 0.124. The van der Waals surface area contributed by atoms with Gasteiger partial charge in [-0.1, -0.05) is 36.9 Å². The molecule has 0 aromatic heterocycles. The standard InChI is InChI=1S/C14H18O/c1-11(2)14(3)9-13(10-15-14)12-7-5-4-6-8-12/h4-8,13H,1,9-10H2,2-3H3/t13-,14+/m0/s1. The first-order valence-electron chi connectivity index (χ1n) is 5.47. The van der Waals surface area contributed by atoms with Crippen LogP contribution in [0.5, 0.6) is 0 Å². The van der Waals surface area contributed by atoms with E-state index in [9.17, 15) is 0 Å². The Morgan fingerprint density at radius 3 is 2.60 bits per heavy atom. The summed E-state index contributed by atoms with van der Waals surface area (Å²) < 4.78 is 5.87. The van der Waals surface area contributed by atoms with Gasteiger partial charge in [-0.25, -0.2) is 0 Å². The van der Waals surface area contributed by atoms with Crippen LogP contribution in [0, 0.1) is 0 Å². The van der Waals surface area contributed by atoms with E-state index < -0.39 is 0 Å². The molecule has 0 spiro atoms. The molecule has 1 aliphatic heterocycles. The van der Waals surface area contributed by atoms with Crippen molar-refractivity contribution in [1.82, 2.24) is 0 Å². The summed E-state index contributed by atoms with van der Waals surface area (Å²) in [5, 5.41) is 0. The largest absolute Gasteiger partial charge is 0.370 e. The van der Waals surface area contributed by atoms with E-state index in [1.165, 1.54) is 5.56 Å². The van der Waals surface area contributed by atoms with Gasteiger partial charge in [-0.2, -0.15) is 0 Å². The van der Waals surface area contributed by atoms with E-state index in [1.807, 2.05) is 6.92 Å². The van der Waals surface area contributed by atoms with Crippen molar-refractivity contribution in [3.05, 3.63) is 48.0 Å². The molecule has 0 amide bonds. The highest BCUT2D eigenvalue weighted by molar-refractivity contribution is 5.24. The average molecular weight is 202 g/mol. The number of benzene rings is 1. The van der Waals surface area contributed by atoms with Gasteiger partial charge in [0.05, 0.1) is 12.2 Å². The zero-order valence-corrected chi connectivity index (χ0v) is 9.49. The van der Waals surface area contributed by atoms with E-state index in [0.717, 1.165) is 18.6 Å². The summed E-state index contributed by atoms with van der Waals surface area (Å²) in [7, 11) is 0. The van der Waals surface area contributed by atoms with Crippen LogP contribution in [-0.2, 0) is 4.74 Å². The molecule has 2 atom stereocenters. The minimum atomic E-state index is -0.124. The van der Waals surface area contributed by atoms with Gasteiger partial charge in [0, 0.05) is 5.92 Å². The lowest BCUT2D eigenvalue weighted by Crippen LogP contribution is -2.23. The Hall–Kier alpha value is -1.08. The molecule has 1 aliphatic rings. The maximum absolute atomic E-state index is 5.87. The smallest absolute Gasteiger partial charge is 0.0865 e. The molecule has 0 saturated carbocycles. The van der Waals surface area contributed by atoms with Gasteiger partial charge in [0.2, 0.25) is 0 Å². The summed E-state index contributed by atoms with van der Waals surface area (Å²) in [6, 6.07) is 10.6. The van der Waals surface area contributed by atoms with Gasteiger partial charge in [0.15, 0.2) is 0 Å². The highest BCUT2D eigenvalue weighted by Crippen LogP contribution is 2.39. The van der Waals surface area contributed by atoms with Crippen LogP contribution in [0.25, 0.3) is 0 Å². The number of rotatable bonds is 2. The fourth-order valence-corrected chi connectivity index (χ4v) is 2.11. The molecular formula is C14H18O. The molecule has 1 aromatic rings. The van der Waals surface area contributed by atoms with Gasteiger partial charge in [-0.3, -0.25) is 0 Å². The van der Waals surface area contributed by atoms with Crippen molar-refractivity contribution in [1.29, 1.82) is 0 Å². The van der Waals surface area contributed by atoms with Gasteiger partial charge in [-0.15, -0.1) is 0 Å². The molecule has 0 N–H and O–H groups in total. The molecule has 0 unspecified atom stereocenters. The summed E-state index contributed by atoms with van der Waals surface area (Å²) in [6.45, 7) is 9.01. The van der Waals surface area contributed by atoms with Crippen LogP contribution in [0.4, 0.5) is 0 Å². The Bertz CT molecular complexity index is 355. The molecule has 0 bridgehead atoms. The molecule has 1 heteroatoms. The van der Waals surface area contributed by atoms with Gasteiger partial charge < -0.3 is 4.74 Å². The van der Waals surface area contributed by atoms with E-state index in [1.54, 1.807) is 0 Å². The predicted octanol–water partition coefficient (Wildman–Crippen LogP) is 3.53. The Labute approximate surface area is 91.8 Å². The molecule has 15 heavy (non-hydrogen) atoms. The first-order valence-corrected chi connectivity index (χ1v) is 5.47. The molecule has 1 nitrogen and oxygen atoms in total. The molecule has 80 valence electrons. The van der Waals surface area contributed by atoms with E-state index in [2.05, 4.69) is 43.8 Å². The van der Waals surface area contributed by atoms with E-state index in [0.29, 0.717) is 5.92 Å². The highest BCUT2D eigenvalue weighted by atomic mass is 16.5. The zero-order chi connectivity index (χ0) is 10.9. The fraction of sp³-hybridized carbons (Fsp3) is 0.429. The summed E-state index contributed by atoms with van der Waals surface area (Å²) in [4.78, 5) is 0. The van der Waals surface area contributed by atoms with Gasteiger partial charge in [0.1, 0.15) is 0 Å². The van der Waals surface area contributed by atoms with Crippen LogP contribution in [0.1, 0.15) is 31.7 Å². The lowest BCUT2D eigenvalue weighted by Gasteiger charge is -2.23. The third-order valence-electron chi connectivity index (χ3n) is 3.41. The Balaban J connectivity index is 2.14. The second-order valence-electron chi connectivity index (χ2n) is 4.63. The number of ether oxygens (including phenoxy) is 1. The molecule has 1 fully saturated rings. The third kappa shape index (κ3) is 1.98. The van der Waals surface area contributed by atoms with Crippen molar-refractivity contribution in [2.45, 2.75) is 31.8 Å². The quantitative estimate of drug-likeness (QED) is 0.667. The molecule has 0 aliphatic carbocycles. The zero-order valence-electron chi connectivity index (χ0n) is 9.49. The first-order chi connectivity index (χ1) is 7.12. The molecular weight excluding hydrogens is 184 g/mol. The van der Waals surface area contributed by atoms with E-state index in [-0.39, 0.29) is 5.60 Å². The Kier molecular flexibility index (Phi) is 2.66. The fourth-order valence-electron chi connectivity index (χ4n) is 2.11. The lowest BCUT2D eigenvalue weighted by molar-refractivity contribution is 0.0510. The molecule has 1 saturated heterocycles. The lowest BCUT2D eigenvalue weighted by atomic mass is 9.87. The Morgan fingerprint density at radius 2 is 2.07 bits per heavy atom. The van der Waals surface area contributed by atoms with Crippen LogP contribution in [0.3, 0.4) is 0 Å². The van der Waals surface area contributed by atoms with E-state index in [4.69, 9.17) is 4.74 Å². The average Bonchev–Trinajstić information content (AvgIpc) is 2.64. The maximum Gasteiger partial charge on any atom is 0.0865 e. The van der Waals surface area contributed by atoms with Gasteiger partial charge >= 0.3 is 0 Å². The molecule has 0 radical (unpaired) electrons. The maximum atomic E-state index is 5.87. The van der Waals surface area contributed by atoms with Crippen LogP contribution in [0.15, 0.2) is 42.5 Å². The van der Waals surface area contributed by atoms with Crippen molar-refractivity contribution in [3.8, 4) is 0 Å². The summed E-state index contributed by atoms with van der Waals surface area (Å²) in [5.41, 5.74) is 2.38. The molecule has 1 heterocycles. The van der Waals surface area contributed by atoms with Crippen LogP contribution >= 0.6 is 0 Å². The summed E-state index contributed by atoms with van der Waals surface area (Å²) in [5.74, 6) is 0.521. The normalized spacial score (nSPS) is 30.4. The predicted molar refractivity (Wildman–Crippen MR) is 63.0 cm³/mol. The third-order valence-corrected chi connectivity index (χ3v) is 3.41. The van der Waals surface area contributed by atoms with Crippen molar-refractivity contribution >= 4 is 0 Å².